The van der Waals surface area contributed by atoms with Gasteiger partial charge in [-0.25, -0.2) is 0 Å². The first-order valence-corrected chi connectivity index (χ1v) is 27.2. The predicted octanol–water partition coefficient (Wildman–Crippen LogP) is -0.243. The van der Waals surface area contributed by atoms with Crippen LogP contribution in [0.2, 0.25) is 0 Å². The minimum atomic E-state index is -1.08. The number of nitrogens with zero attached hydrogens (tertiary/aromatic N) is 1. The van der Waals surface area contributed by atoms with Crippen LogP contribution in [-0.4, -0.2) is 202 Å². The largest absolute Gasteiger partial charge is 0.379 e. The fourth-order valence-corrected chi connectivity index (χ4v) is 6.73. The molecule has 77 heavy (non-hydrogen) atoms. The molecule has 0 aromatic rings. The number of amides is 10. The van der Waals surface area contributed by atoms with E-state index in [4.69, 9.17) is 28.4 Å². The van der Waals surface area contributed by atoms with Gasteiger partial charge in [-0.05, 0) is 38.5 Å². The molecule has 0 radical (unpaired) electrons. The van der Waals surface area contributed by atoms with Crippen LogP contribution < -0.4 is 42.5 Å². The zero-order valence-electron chi connectivity index (χ0n) is 45.6. The highest BCUT2D eigenvalue weighted by molar-refractivity contribution is 6.13. The van der Waals surface area contributed by atoms with Crippen molar-refractivity contribution in [1.29, 1.82) is 0 Å². The van der Waals surface area contributed by atoms with Crippen LogP contribution in [0.1, 0.15) is 110 Å². The molecule has 0 fully saturated rings. The third-order valence-electron chi connectivity index (χ3n) is 10.9. The molecule has 1 rings (SSSR count). The van der Waals surface area contributed by atoms with Gasteiger partial charge in [0.05, 0.1) is 79.3 Å². The fourth-order valence-electron chi connectivity index (χ4n) is 6.73. The van der Waals surface area contributed by atoms with E-state index in [1.54, 1.807) is 0 Å². The van der Waals surface area contributed by atoms with Crippen molar-refractivity contribution in [2.45, 2.75) is 116 Å². The first-order chi connectivity index (χ1) is 37.4. The molecule has 0 aromatic heterocycles. The third-order valence-corrected chi connectivity index (χ3v) is 10.9. The highest BCUT2D eigenvalue weighted by Crippen LogP contribution is 2.05. The smallest absolute Gasteiger partial charge is 0.253 e. The summed E-state index contributed by atoms with van der Waals surface area (Å²) >= 11 is 0. The van der Waals surface area contributed by atoms with Gasteiger partial charge >= 0.3 is 0 Å². The summed E-state index contributed by atoms with van der Waals surface area (Å²) in [5.74, 6) is -3.22. The Hall–Kier alpha value is -5.86. The second-order valence-corrected chi connectivity index (χ2v) is 17.5. The van der Waals surface area contributed by atoms with Gasteiger partial charge in [0, 0.05) is 109 Å². The lowest BCUT2D eigenvalue weighted by molar-refractivity contribution is -0.137. The number of allylic oxidation sites excluding steroid dienone is 2. The van der Waals surface area contributed by atoms with Crippen LogP contribution >= 0.6 is 0 Å². The summed E-state index contributed by atoms with van der Waals surface area (Å²) in [6.45, 7) is 8.01. The number of carbonyl (C=O) groups is 10. The van der Waals surface area contributed by atoms with Crippen molar-refractivity contribution in [3.05, 3.63) is 24.3 Å². The lowest BCUT2D eigenvalue weighted by Crippen LogP contribution is -2.48. The molecule has 10 amide bonds. The summed E-state index contributed by atoms with van der Waals surface area (Å²) in [4.78, 5) is 123. The molecule has 0 unspecified atom stereocenters. The molecule has 1 atom stereocenters. The minimum absolute atomic E-state index is 0.00681. The van der Waals surface area contributed by atoms with Crippen molar-refractivity contribution in [1.82, 2.24) is 47.4 Å². The number of nitrogens with one attached hydrogen (secondary N) is 8. The van der Waals surface area contributed by atoms with Crippen molar-refractivity contribution in [2.24, 2.45) is 0 Å². The summed E-state index contributed by atoms with van der Waals surface area (Å²) in [6, 6.07) is -1.08. The summed E-state index contributed by atoms with van der Waals surface area (Å²) in [5.41, 5.74) is 0. The lowest BCUT2D eigenvalue weighted by Gasteiger charge is -2.19. The number of unbranched alkanes of at least 4 members (excludes halogenated alkanes) is 4. The molecule has 1 aliphatic heterocycles. The second-order valence-electron chi connectivity index (χ2n) is 17.5. The normalized spacial score (nSPS) is 12.4. The van der Waals surface area contributed by atoms with Gasteiger partial charge in [-0.2, -0.15) is 0 Å². The van der Waals surface area contributed by atoms with E-state index in [9.17, 15) is 47.9 Å². The number of hydrogen-bond donors (Lipinski definition) is 8. The number of rotatable bonds is 51. The van der Waals surface area contributed by atoms with Crippen LogP contribution in [0.15, 0.2) is 24.3 Å². The van der Waals surface area contributed by atoms with E-state index < -0.39 is 35.6 Å². The van der Waals surface area contributed by atoms with Gasteiger partial charge in [0.1, 0.15) is 6.04 Å². The summed E-state index contributed by atoms with van der Waals surface area (Å²) in [6.07, 6.45) is 14.6. The predicted molar refractivity (Wildman–Crippen MR) is 284 cm³/mol. The van der Waals surface area contributed by atoms with Crippen molar-refractivity contribution in [3.8, 4) is 0 Å². The Kier molecular flexibility index (Phi) is 43.6. The molecule has 1 heterocycles. The molecule has 0 aliphatic carbocycles. The quantitative estimate of drug-likeness (QED) is 0.0221. The Labute approximate surface area is 453 Å². The molecule has 0 aromatic carbocycles. The van der Waals surface area contributed by atoms with Crippen LogP contribution in [0.5, 0.6) is 0 Å². The topological polar surface area (TPSA) is 326 Å². The Morgan fingerprint density at radius 2 is 0.792 bits per heavy atom. The Balaban J connectivity index is 2.35. The van der Waals surface area contributed by atoms with E-state index >= 15 is 0 Å². The molecule has 0 saturated heterocycles. The van der Waals surface area contributed by atoms with Crippen molar-refractivity contribution >= 4 is 59.1 Å². The molecule has 25 heteroatoms. The molecule has 1 aliphatic rings. The van der Waals surface area contributed by atoms with Crippen molar-refractivity contribution in [3.63, 3.8) is 0 Å². The zero-order chi connectivity index (χ0) is 56.4. The molecule has 0 spiro atoms. The Bertz CT molecular complexity index is 1770. The standard InChI is InChI=1S/C52H89N9O16/c1-3-5-6-7-8-9-10-11-13-44(63)54-24-35-76-37-26-58-48(67)20-31-73-39-28-59-52(71)42(14-15-45(64)55-22-33-72-30-19-47(66)57-25-36-75-34-23-53-43(62)12-4-2)60-49(68)21-32-74-40-41-77-38-27-56-46(65)18-29-61-50(69)16-17-51(61)70/h8-9,16-17,42H,3-7,10-15,18-41H2,1-2H3,(H,53,62)(H,54,63)(H,55,64)(H,56,65)(H,57,66)(H,58,67)(H,59,71)(H,60,68)/b9-8-/t42-/m0/s1. The van der Waals surface area contributed by atoms with E-state index in [1.807, 2.05) is 6.92 Å². The number of imide groups is 1. The second kappa shape index (κ2) is 48.5. The third kappa shape index (κ3) is 41.9. The molecule has 0 saturated carbocycles. The SMILES string of the molecule is CCCCC/C=C\CCCC(=O)NCCOCCNC(=O)CCOCCNC(=O)[C@H](CCC(=O)NCCOCCC(=O)NCCOCCNC(=O)CCC)NC(=O)CCOCCOCCNC(=O)CCN1C(=O)C=CC1=O. The fraction of sp³-hybridized carbons (Fsp3) is 0.731. The monoisotopic (exact) mass is 1100 g/mol. The maximum absolute atomic E-state index is 13.2. The van der Waals surface area contributed by atoms with E-state index in [1.165, 1.54) is 19.3 Å². The Morgan fingerprint density at radius 1 is 0.416 bits per heavy atom. The van der Waals surface area contributed by atoms with Gasteiger partial charge in [0.25, 0.3) is 11.8 Å². The van der Waals surface area contributed by atoms with Gasteiger partial charge in [0.15, 0.2) is 0 Å². The van der Waals surface area contributed by atoms with Crippen molar-refractivity contribution < 1.29 is 76.4 Å². The molecule has 438 valence electrons. The average Bonchev–Trinajstić information content (AvgIpc) is 3.73. The van der Waals surface area contributed by atoms with E-state index in [2.05, 4.69) is 61.6 Å². The molecule has 8 N–H and O–H groups in total. The van der Waals surface area contributed by atoms with Crippen LogP contribution in [0.3, 0.4) is 0 Å². The average molecular weight is 1100 g/mol. The lowest BCUT2D eigenvalue weighted by atomic mass is 10.1. The van der Waals surface area contributed by atoms with Crippen LogP contribution in [0, 0.1) is 0 Å². The van der Waals surface area contributed by atoms with Gasteiger partial charge in [-0.15, -0.1) is 0 Å². The van der Waals surface area contributed by atoms with Crippen LogP contribution in [-0.2, 0) is 76.4 Å². The number of ether oxygens (including phenoxy) is 6. The van der Waals surface area contributed by atoms with E-state index in [0.29, 0.717) is 52.3 Å². The van der Waals surface area contributed by atoms with E-state index in [-0.39, 0.29) is 160 Å². The first-order valence-electron chi connectivity index (χ1n) is 27.2. The molecule has 25 nitrogen and oxygen atoms in total. The molecular formula is C52H89N9O16. The highest BCUT2D eigenvalue weighted by atomic mass is 16.5. The summed E-state index contributed by atoms with van der Waals surface area (Å²) in [7, 11) is 0. The molecular weight excluding hydrogens is 1010 g/mol. The summed E-state index contributed by atoms with van der Waals surface area (Å²) in [5, 5.41) is 21.7. The zero-order valence-corrected chi connectivity index (χ0v) is 45.6. The first kappa shape index (κ1) is 69.2. The minimum Gasteiger partial charge on any atom is -0.379 e. The van der Waals surface area contributed by atoms with Gasteiger partial charge in [-0.1, -0.05) is 38.8 Å². The number of carbonyl (C=O) groups excluding carboxylic acids is 10. The van der Waals surface area contributed by atoms with Gasteiger partial charge in [-0.3, -0.25) is 52.8 Å². The maximum Gasteiger partial charge on any atom is 0.253 e. The number of hydrogen-bond acceptors (Lipinski definition) is 16. The molecule has 0 bridgehead atoms. The van der Waals surface area contributed by atoms with Gasteiger partial charge < -0.3 is 71.0 Å². The van der Waals surface area contributed by atoms with Crippen LogP contribution in [0.4, 0.5) is 0 Å². The summed E-state index contributed by atoms with van der Waals surface area (Å²) < 4.78 is 32.8. The highest BCUT2D eigenvalue weighted by Gasteiger charge is 2.24. The maximum atomic E-state index is 13.2. The van der Waals surface area contributed by atoms with Crippen LogP contribution in [0.25, 0.3) is 0 Å². The van der Waals surface area contributed by atoms with Crippen molar-refractivity contribution in [2.75, 3.05) is 132 Å². The Morgan fingerprint density at radius 3 is 1.27 bits per heavy atom. The van der Waals surface area contributed by atoms with Gasteiger partial charge in [0.2, 0.25) is 47.3 Å². The van der Waals surface area contributed by atoms with E-state index in [0.717, 1.165) is 42.7 Å².